The predicted octanol–water partition coefficient (Wildman–Crippen LogP) is 2.60. The van der Waals surface area contributed by atoms with Crippen molar-refractivity contribution >= 4 is 29.5 Å². The third-order valence-corrected chi connectivity index (χ3v) is 4.05. The summed E-state index contributed by atoms with van der Waals surface area (Å²) in [6.07, 6.45) is 3.02. The van der Waals surface area contributed by atoms with Crippen LogP contribution in [0, 0.1) is 0 Å². The van der Waals surface area contributed by atoms with Gasteiger partial charge in [0.2, 0.25) is 11.8 Å². The molecular weight excluding hydrogens is 370 g/mol. The second-order valence-electron chi connectivity index (χ2n) is 6.26. The average Bonchev–Trinajstić information content (AvgIpc) is 2.73. The molecule has 7 nitrogen and oxygen atoms in total. The van der Waals surface area contributed by atoms with Crippen molar-refractivity contribution in [1.29, 1.82) is 0 Å². The maximum absolute atomic E-state index is 12.3. The molecule has 0 aliphatic heterocycles. The SMILES string of the molecule is CCNC(=O)c1ccc(NC(=O)C(C)NC(=O)/C=C/c2ccc(OC)cc2)cc1. The lowest BCUT2D eigenvalue weighted by Crippen LogP contribution is -2.40. The summed E-state index contributed by atoms with van der Waals surface area (Å²) in [6, 6.07) is 13.0. The maximum atomic E-state index is 12.3. The van der Waals surface area contributed by atoms with Crippen LogP contribution in [0.3, 0.4) is 0 Å². The minimum atomic E-state index is -0.730. The van der Waals surface area contributed by atoms with Crippen LogP contribution in [-0.4, -0.2) is 37.4 Å². The fourth-order valence-electron chi connectivity index (χ4n) is 2.43. The molecule has 0 fully saturated rings. The Kier molecular flexibility index (Phi) is 7.97. The third kappa shape index (κ3) is 6.80. The minimum Gasteiger partial charge on any atom is -0.497 e. The largest absolute Gasteiger partial charge is 0.497 e. The molecule has 0 saturated carbocycles. The Morgan fingerprint density at radius 3 is 2.28 bits per heavy atom. The monoisotopic (exact) mass is 395 g/mol. The first-order valence-electron chi connectivity index (χ1n) is 9.24. The molecule has 7 heteroatoms. The van der Waals surface area contributed by atoms with Gasteiger partial charge in [-0.2, -0.15) is 0 Å². The van der Waals surface area contributed by atoms with Gasteiger partial charge in [-0.15, -0.1) is 0 Å². The summed E-state index contributed by atoms with van der Waals surface area (Å²) in [5, 5.41) is 8.03. The van der Waals surface area contributed by atoms with Crippen molar-refractivity contribution in [2.45, 2.75) is 19.9 Å². The van der Waals surface area contributed by atoms with Gasteiger partial charge in [0.25, 0.3) is 5.91 Å². The lowest BCUT2D eigenvalue weighted by atomic mass is 10.2. The quantitative estimate of drug-likeness (QED) is 0.599. The summed E-state index contributed by atoms with van der Waals surface area (Å²) >= 11 is 0. The Morgan fingerprint density at radius 1 is 1.03 bits per heavy atom. The second kappa shape index (κ2) is 10.7. The molecule has 2 rings (SSSR count). The van der Waals surface area contributed by atoms with Crippen molar-refractivity contribution in [1.82, 2.24) is 10.6 Å². The molecule has 3 N–H and O–H groups in total. The predicted molar refractivity (Wildman–Crippen MR) is 113 cm³/mol. The van der Waals surface area contributed by atoms with Crippen LogP contribution in [0.5, 0.6) is 5.75 Å². The number of amides is 3. The number of anilines is 1. The number of nitrogens with one attached hydrogen (secondary N) is 3. The van der Waals surface area contributed by atoms with Crippen LogP contribution in [0.4, 0.5) is 5.69 Å². The van der Waals surface area contributed by atoms with Crippen molar-refractivity contribution in [2.24, 2.45) is 0 Å². The van der Waals surface area contributed by atoms with Crippen LogP contribution in [0.1, 0.15) is 29.8 Å². The number of rotatable bonds is 8. The highest BCUT2D eigenvalue weighted by atomic mass is 16.5. The van der Waals surface area contributed by atoms with E-state index in [2.05, 4.69) is 16.0 Å². The summed E-state index contributed by atoms with van der Waals surface area (Å²) in [7, 11) is 1.59. The van der Waals surface area contributed by atoms with Gasteiger partial charge in [-0.1, -0.05) is 12.1 Å². The molecule has 2 aromatic carbocycles. The molecule has 0 saturated heterocycles. The zero-order valence-corrected chi connectivity index (χ0v) is 16.7. The van der Waals surface area contributed by atoms with Crippen molar-refractivity contribution in [3.05, 3.63) is 65.7 Å². The minimum absolute atomic E-state index is 0.172. The van der Waals surface area contributed by atoms with E-state index in [1.807, 2.05) is 19.1 Å². The number of hydrogen-bond acceptors (Lipinski definition) is 4. The number of ether oxygens (including phenoxy) is 1. The number of carbonyl (C=O) groups is 3. The summed E-state index contributed by atoms with van der Waals surface area (Å²) < 4.78 is 5.08. The lowest BCUT2D eigenvalue weighted by molar-refractivity contribution is -0.123. The highest BCUT2D eigenvalue weighted by molar-refractivity contribution is 6.00. The Hall–Kier alpha value is -3.61. The smallest absolute Gasteiger partial charge is 0.251 e. The number of carbonyl (C=O) groups excluding carboxylic acids is 3. The molecule has 0 radical (unpaired) electrons. The normalized spacial score (nSPS) is 11.6. The topological polar surface area (TPSA) is 96.5 Å². The Morgan fingerprint density at radius 2 is 1.69 bits per heavy atom. The summed E-state index contributed by atoms with van der Waals surface area (Å²) in [5.41, 5.74) is 1.89. The summed E-state index contributed by atoms with van der Waals surface area (Å²) in [4.78, 5) is 36.1. The third-order valence-electron chi connectivity index (χ3n) is 4.05. The molecule has 1 atom stereocenters. The van der Waals surface area contributed by atoms with Crippen LogP contribution in [0.15, 0.2) is 54.6 Å². The van der Waals surface area contributed by atoms with Crippen LogP contribution >= 0.6 is 0 Å². The summed E-state index contributed by atoms with van der Waals surface area (Å²) in [6.45, 7) is 3.98. The van der Waals surface area contributed by atoms with E-state index in [0.29, 0.717) is 17.8 Å². The first-order chi connectivity index (χ1) is 13.9. The Balaban J connectivity index is 1.86. The van der Waals surface area contributed by atoms with E-state index < -0.39 is 6.04 Å². The van der Waals surface area contributed by atoms with Crippen molar-refractivity contribution < 1.29 is 19.1 Å². The molecule has 29 heavy (non-hydrogen) atoms. The van der Waals surface area contributed by atoms with Crippen molar-refractivity contribution in [3.63, 3.8) is 0 Å². The van der Waals surface area contributed by atoms with E-state index in [1.54, 1.807) is 56.5 Å². The van der Waals surface area contributed by atoms with Crippen LogP contribution in [-0.2, 0) is 9.59 Å². The van der Waals surface area contributed by atoms with Gasteiger partial charge in [0.05, 0.1) is 7.11 Å². The maximum Gasteiger partial charge on any atom is 0.251 e. The van der Waals surface area contributed by atoms with E-state index >= 15 is 0 Å². The van der Waals surface area contributed by atoms with E-state index in [9.17, 15) is 14.4 Å². The van der Waals surface area contributed by atoms with Gasteiger partial charge >= 0.3 is 0 Å². The van der Waals surface area contributed by atoms with Gasteiger partial charge < -0.3 is 20.7 Å². The Bertz CT molecular complexity index is 874. The van der Waals surface area contributed by atoms with Crippen LogP contribution in [0.2, 0.25) is 0 Å². The molecule has 0 spiro atoms. The number of methoxy groups -OCH3 is 1. The van der Waals surface area contributed by atoms with E-state index in [1.165, 1.54) is 6.08 Å². The van der Waals surface area contributed by atoms with E-state index in [0.717, 1.165) is 11.3 Å². The van der Waals surface area contributed by atoms with E-state index in [4.69, 9.17) is 4.74 Å². The van der Waals surface area contributed by atoms with Gasteiger partial charge in [-0.3, -0.25) is 14.4 Å². The molecule has 0 aliphatic carbocycles. The van der Waals surface area contributed by atoms with Gasteiger partial charge in [0.1, 0.15) is 11.8 Å². The molecular formula is C22H25N3O4. The van der Waals surface area contributed by atoms with Crippen molar-refractivity contribution in [2.75, 3.05) is 19.0 Å². The molecule has 2 aromatic rings. The molecule has 1 unspecified atom stereocenters. The number of benzene rings is 2. The molecule has 0 bridgehead atoms. The molecule has 0 aliphatic rings. The Labute approximate surface area is 170 Å². The lowest BCUT2D eigenvalue weighted by Gasteiger charge is -2.13. The first kappa shape index (κ1) is 21.7. The zero-order chi connectivity index (χ0) is 21.2. The summed E-state index contributed by atoms with van der Waals surface area (Å²) in [5.74, 6) is -0.178. The van der Waals surface area contributed by atoms with Gasteiger partial charge in [0, 0.05) is 23.9 Å². The van der Waals surface area contributed by atoms with E-state index in [-0.39, 0.29) is 17.7 Å². The number of hydrogen-bond donors (Lipinski definition) is 3. The van der Waals surface area contributed by atoms with Gasteiger partial charge in [-0.05, 0) is 61.9 Å². The van der Waals surface area contributed by atoms with Gasteiger partial charge in [-0.25, -0.2) is 0 Å². The van der Waals surface area contributed by atoms with Crippen molar-refractivity contribution in [3.8, 4) is 5.75 Å². The fourth-order valence-corrected chi connectivity index (χ4v) is 2.43. The van der Waals surface area contributed by atoms with Crippen LogP contribution in [0.25, 0.3) is 6.08 Å². The molecule has 152 valence electrons. The second-order valence-corrected chi connectivity index (χ2v) is 6.26. The average molecular weight is 395 g/mol. The zero-order valence-electron chi connectivity index (χ0n) is 16.7. The molecule has 0 heterocycles. The highest BCUT2D eigenvalue weighted by Gasteiger charge is 2.14. The fraction of sp³-hybridized carbons (Fsp3) is 0.227. The molecule has 0 aromatic heterocycles. The van der Waals surface area contributed by atoms with Gasteiger partial charge in [0.15, 0.2) is 0 Å². The molecule has 3 amide bonds. The first-order valence-corrected chi connectivity index (χ1v) is 9.24. The van der Waals surface area contributed by atoms with Crippen LogP contribution < -0.4 is 20.7 Å². The highest BCUT2D eigenvalue weighted by Crippen LogP contribution is 2.12. The standard InChI is InChI=1S/C22H25N3O4/c1-4-23-22(28)17-8-10-18(11-9-17)25-21(27)15(2)24-20(26)14-7-16-5-12-19(29-3)13-6-16/h5-15H,4H2,1-3H3,(H,23,28)(H,24,26)(H,25,27)/b14-7+.